The molecular weight excluding hydrogens is 254 g/mol. The molecule has 4 nitrogen and oxygen atoms in total. The van der Waals surface area contributed by atoms with E-state index in [0.717, 1.165) is 0 Å². The summed E-state index contributed by atoms with van der Waals surface area (Å²) in [7, 11) is 0. The Morgan fingerprint density at radius 3 is 2.15 bits per heavy atom. The maximum atomic E-state index is 11.3. The number of hydrogen-bond donors (Lipinski definition) is 2. The van der Waals surface area contributed by atoms with Crippen LogP contribution in [0.4, 0.5) is 4.79 Å². The van der Waals surface area contributed by atoms with Crippen LogP contribution in [-0.4, -0.2) is 24.5 Å². The summed E-state index contributed by atoms with van der Waals surface area (Å²) in [6, 6.07) is 16.3. The summed E-state index contributed by atoms with van der Waals surface area (Å²) in [5.41, 5.74) is 4.73. The van der Waals surface area contributed by atoms with Gasteiger partial charge in [0.15, 0.2) is 0 Å². The molecule has 0 fully saturated rings. The summed E-state index contributed by atoms with van der Waals surface area (Å²) in [6.07, 6.45) is -0.602. The molecule has 102 valence electrons. The van der Waals surface area contributed by atoms with E-state index in [4.69, 9.17) is 9.84 Å². The maximum Gasteiger partial charge on any atom is 0.408 e. The van der Waals surface area contributed by atoms with Crippen LogP contribution in [0.25, 0.3) is 11.1 Å². The first kappa shape index (κ1) is 12.7. The predicted octanol–water partition coefficient (Wildman–Crippen LogP) is 2.47. The van der Waals surface area contributed by atoms with E-state index in [9.17, 15) is 4.79 Å². The van der Waals surface area contributed by atoms with Gasteiger partial charge in [0.05, 0.1) is 0 Å². The Hall–Kier alpha value is -2.33. The fourth-order valence-electron chi connectivity index (χ4n) is 2.71. The van der Waals surface area contributed by atoms with Crippen LogP contribution in [0.1, 0.15) is 17.0 Å². The van der Waals surface area contributed by atoms with Crippen molar-refractivity contribution in [2.75, 3.05) is 13.3 Å². The minimum absolute atomic E-state index is 0.0480. The van der Waals surface area contributed by atoms with Crippen LogP contribution < -0.4 is 5.32 Å². The largest absolute Gasteiger partial charge is 0.449 e. The summed E-state index contributed by atoms with van der Waals surface area (Å²) in [4.78, 5) is 11.3. The third kappa shape index (κ3) is 2.14. The number of nitrogens with one attached hydrogen (secondary N) is 1. The Labute approximate surface area is 117 Å². The molecule has 0 unspecified atom stereocenters. The number of hydrogen-bond acceptors (Lipinski definition) is 3. The number of benzene rings is 2. The molecule has 0 saturated carbocycles. The number of ether oxygens (including phenoxy) is 1. The monoisotopic (exact) mass is 269 g/mol. The van der Waals surface area contributed by atoms with Crippen LogP contribution in [0, 0.1) is 0 Å². The standard InChI is InChI=1S/C16H15NO3/c18-10-17-16(19)20-9-15-13-7-3-1-5-11(13)12-6-2-4-8-14(12)15/h1-8,15,18H,9-10H2,(H,17,19). The number of aliphatic hydroxyl groups excluding tert-OH is 1. The van der Waals surface area contributed by atoms with E-state index in [1.807, 2.05) is 24.3 Å². The molecule has 0 radical (unpaired) electrons. The van der Waals surface area contributed by atoms with Gasteiger partial charge in [0.2, 0.25) is 0 Å². The Morgan fingerprint density at radius 1 is 1.05 bits per heavy atom. The SMILES string of the molecule is O=C(NCO)OCC1c2ccccc2-c2ccccc21. The highest BCUT2D eigenvalue weighted by atomic mass is 16.5. The molecule has 0 saturated heterocycles. The average molecular weight is 269 g/mol. The molecule has 0 spiro atoms. The Balaban J connectivity index is 1.89. The van der Waals surface area contributed by atoms with Crippen LogP contribution in [0.2, 0.25) is 0 Å². The van der Waals surface area contributed by atoms with Gasteiger partial charge in [0.25, 0.3) is 0 Å². The highest BCUT2D eigenvalue weighted by Crippen LogP contribution is 2.44. The molecular formula is C16H15NO3. The second-order valence-electron chi connectivity index (χ2n) is 4.66. The first-order valence-electron chi connectivity index (χ1n) is 6.51. The topological polar surface area (TPSA) is 58.6 Å². The number of amides is 1. The average Bonchev–Trinajstić information content (AvgIpc) is 2.80. The summed E-state index contributed by atoms with van der Waals surface area (Å²) < 4.78 is 5.17. The lowest BCUT2D eigenvalue weighted by atomic mass is 9.98. The number of fused-ring (bicyclic) bond motifs is 3. The molecule has 1 aliphatic carbocycles. The van der Waals surface area contributed by atoms with Crippen LogP contribution >= 0.6 is 0 Å². The number of alkyl carbamates (subject to hydrolysis) is 1. The first-order valence-corrected chi connectivity index (χ1v) is 6.51. The number of carbonyl (C=O) groups is 1. The third-order valence-electron chi connectivity index (χ3n) is 3.57. The van der Waals surface area contributed by atoms with Gasteiger partial charge in [0, 0.05) is 5.92 Å². The predicted molar refractivity (Wildman–Crippen MR) is 75.3 cm³/mol. The van der Waals surface area contributed by atoms with Gasteiger partial charge in [-0.25, -0.2) is 4.79 Å². The molecule has 2 N–H and O–H groups in total. The molecule has 3 rings (SSSR count). The molecule has 4 heteroatoms. The molecule has 20 heavy (non-hydrogen) atoms. The molecule has 2 aromatic carbocycles. The van der Waals surface area contributed by atoms with Gasteiger partial charge in [0.1, 0.15) is 13.3 Å². The van der Waals surface area contributed by atoms with Crippen molar-refractivity contribution in [1.82, 2.24) is 5.32 Å². The lowest BCUT2D eigenvalue weighted by Crippen LogP contribution is -2.26. The molecule has 0 aliphatic heterocycles. The third-order valence-corrected chi connectivity index (χ3v) is 3.57. The van der Waals surface area contributed by atoms with E-state index < -0.39 is 12.8 Å². The zero-order valence-corrected chi connectivity index (χ0v) is 10.9. The summed E-state index contributed by atoms with van der Waals surface area (Å²) >= 11 is 0. The summed E-state index contributed by atoms with van der Waals surface area (Å²) in [6.45, 7) is -0.156. The van der Waals surface area contributed by atoms with Crippen molar-refractivity contribution < 1.29 is 14.6 Å². The minimum Gasteiger partial charge on any atom is -0.449 e. The van der Waals surface area contributed by atoms with Crippen LogP contribution in [0.3, 0.4) is 0 Å². The number of carbonyl (C=O) groups excluding carboxylic acids is 1. The van der Waals surface area contributed by atoms with E-state index in [1.54, 1.807) is 0 Å². The molecule has 0 bridgehead atoms. The van der Waals surface area contributed by atoms with E-state index >= 15 is 0 Å². The van der Waals surface area contributed by atoms with Gasteiger partial charge in [-0.2, -0.15) is 0 Å². The smallest absolute Gasteiger partial charge is 0.408 e. The van der Waals surface area contributed by atoms with Crippen molar-refractivity contribution in [2.45, 2.75) is 5.92 Å². The fraction of sp³-hybridized carbons (Fsp3) is 0.188. The van der Waals surface area contributed by atoms with Crippen molar-refractivity contribution >= 4 is 6.09 Å². The van der Waals surface area contributed by atoms with Crippen molar-refractivity contribution in [3.8, 4) is 11.1 Å². The Morgan fingerprint density at radius 2 is 1.60 bits per heavy atom. The summed E-state index contributed by atoms with van der Waals surface area (Å²) in [5.74, 6) is 0.0480. The van der Waals surface area contributed by atoms with Crippen molar-refractivity contribution in [1.29, 1.82) is 0 Å². The van der Waals surface area contributed by atoms with Gasteiger partial charge in [-0.1, -0.05) is 48.5 Å². The van der Waals surface area contributed by atoms with E-state index in [2.05, 4.69) is 29.6 Å². The Kier molecular flexibility index (Phi) is 3.39. The van der Waals surface area contributed by atoms with Gasteiger partial charge >= 0.3 is 6.09 Å². The van der Waals surface area contributed by atoms with E-state index in [1.165, 1.54) is 22.3 Å². The molecule has 1 aliphatic rings. The molecule has 2 aromatic rings. The van der Waals surface area contributed by atoms with Crippen LogP contribution in [0.15, 0.2) is 48.5 Å². The van der Waals surface area contributed by atoms with Gasteiger partial charge in [-0.05, 0) is 22.3 Å². The van der Waals surface area contributed by atoms with Crippen molar-refractivity contribution in [3.63, 3.8) is 0 Å². The maximum absolute atomic E-state index is 11.3. The quantitative estimate of drug-likeness (QED) is 0.842. The highest BCUT2D eigenvalue weighted by Gasteiger charge is 2.28. The molecule has 0 atom stereocenters. The van der Waals surface area contributed by atoms with Crippen molar-refractivity contribution in [3.05, 3.63) is 59.7 Å². The number of rotatable bonds is 3. The first-order chi connectivity index (χ1) is 9.81. The Bertz CT molecular complexity index is 594. The lowest BCUT2D eigenvalue weighted by Gasteiger charge is -2.14. The van der Waals surface area contributed by atoms with Crippen LogP contribution in [-0.2, 0) is 4.74 Å². The van der Waals surface area contributed by atoms with Crippen molar-refractivity contribution in [2.24, 2.45) is 0 Å². The molecule has 0 aromatic heterocycles. The molecule has 1 amide bonds. The van der Waals surface area contributed by atoms with Crippen LogP contribution in [0.5, 0.6) is 0 Å². The van der Waals surface area contributed by atoms with Gasteiger partial charge in [-0.15, -0.1) is 0 Å². The second-order valence-corrected chi connectivity index (χ2v) is 4.66. The highest BCUT2D eigenvalue weighted by molar-refractivity contribution is 5.79. The van der Waals surface area contributed by atoms with Gasteiger partial charge < -0.3 is 9.84 Å². The van der Waals surface area contributed by atoms with E-state index in [-0.39, 0.29) is 12.5 Å². The zero-order valence-electron chi connectivity index (χ0n) is 10.9. The minimum atomic E-state index is -0.602. The van der Waals surface area contributed by atoms with E-state index in [0.29, 0.717) is 0 Å². The second kappa shape index (κ2) is 5.35. The fourth-order valence-corrected chi connectivity index (χ4v) is 2.71. The molecule has 0 heterocycles. The lowest BCUT2D eigenvalue weighted by molar-refractivity contribution is 0.130. The normalized spacial score (nSPS) is 12.7. The summed E-state index contributed by atoms with van der Waals surface area (Å²) in [5, 5.41) is 10.8. The number of aliphatic hydroxyl groups is 1. The van der Waals surface area contributed by atoms with Gasteiger partial charge in [-0.3, -0.25) is 5.32 Å². The zero-order chi connectivity index (χ0) is 13.9.